The van der Waals surface area contributed by atoms with Gasteiger partial charge in [-0.3, -0.25) is 0 Å². The van der Waals surface area contributed by atoms with Gasteiger partial charge in [0.25, 0.3) is 0 Å². The first kappa shape index (κ1) is 16.3. The molecule has 0 aliphatic carbocycles. The number of fused-ring (bicyclic) bond motifs is 2. The Hall–Kier alpha value is -2.85. The van der Waals surface area contributed by atoms with Crippen LogP contribution in [-0.4, -0.2) is 24.2 Å². The lowest BCUT2D eigenvalue weighted by Gasteiger charge is -2.32. The van der Waals surface area contributed by atoms with Crippen LogP contribution in [0.15, 0.2) is 71.5 Å². The van der Waals surface area contributed by atoms with E-state index >= 15 is 0 Å². The van der Waals surface area contributed by atoms with Crippen molar-refractivity contribution in [3.8, 4) is 0 Å². The first-order valence-corrected chi connectivity index (χ1v) is 9.54. The maximum Gasteiger partial charge on any atom is 0.176 e. The number of rotatable bonds is 4. The van der Waals surface area contributed by atoms with Crippen LogP contribution < -0.4 is 4.90 Å². The highest BCUT2D eigenvalue weighted by Gasteiger charge is 2.23. The molecular weight excluding hydrogens is 336 g/mol. The summed E-state index contributed by atoms with van der Waals surface area (Å²) in [5.41, 5.74) is 2.14. The third-order valence-electron chi connectivity index (χ3n) is 5.45. The van der Waals surface area contributed by atoms with Crippen LogP contribution in [0.2, 0.25) is 0 Å². The van der Waals surface area contributed by atoms with Crippen molar-refractivity contribution in [2.75, 3.05) is 18.0 Å². The van der Waals surface area contributed by atoms with Gasteiger partial charge in [0.1, 0.15) is 0 Å². The van der Waals surface area contributed by atoms with Crippen molar-refractivity contribution in [1.29, 1.82) is 0 Å². The summed E-state index contributed by atoms with van der Waals surface area (Å²) < 4.78 is 11.9. The van der Waals surface area contributed by atoms with Gasteiger partial charge in [-0.1, -0.05) is 42.5 Å². The van der Waals surface area contributed by atoms with E-state index in [1.54, 1.807) is 6.26 Å². The Morgan fingerprint density at radius 2 is 1.81 bits per heavy atom. The molecule has 4 heteroatoms. The van der Waals surface area contributed by atoms with Crippen molar-refractivity contribution >= 4 is 27.6 Å². The molecule has 0 atom stereocenters. The summed E-state index contributed by atoms with van der Waals surface area (Å²) in [6.07, 6.45) is 5.88. The summed E-state index contributed by atoms with van der Waals surface area (Å²) >= 11 is 0. The third-order valence-corrected chi connectivity index (χ3v) is 5.45. The predicted octanol–water partition coefficient (Wildman–Crippen LogP) is 5.17. The van der Waals surface area contributed by atoms with Crippen LogP contribution in [0.3, 0.4) is 0 Å². The molecular formula is C23H22N2O2. The molecule has 1 aliphatic rings. The second-order valence-corrected chi connectivity index (χ2v) is 7.11. The van der Waals surface area contributed by atoms with Crippen LogP contribution in [0, 0.1) is 0 Å². The lowest BCUT2D eigenvalue weighted by Crippen LogP contribution is -2.37. The minimum Gasteiger partial charge on any atom is -0.460 e. The predicted molar refractivity (Wildman–Crippen MR) is 108 cm³/mol. The zero-order chi connectivity index (χ0) is 18.1. The van der Waals surface area contributed by atoms with E-state index in [1.807, 2.05) is 18.3 Å². The molecule has 2 aromatic carbocycles. The van der Waals surface area contributed by atoms with Gasteiger partial charge in [-0.25, -0.2) is 4.98 Å². The molecule has 27 heavy (non-hydrogen) atoms. The van der Waals surface area contributed by atoms with Crippen LogP contribution in [-0.2, 0) is 11.3 Å². The lowest BCUT2D eigenvalue weighted by atomic mass is 10.0. The SMILES string of the molecule is c1ccc2c(COC3CCN(c4nccc5ccoc45)CC3)cccc2c1. The fraction of sp³-hybridized carbons (Fsp3) is 0.261. The normalized spacial score (nSPS) is 15.6. The molecule has 136 valence electrons. The first-order valence-electron chi connectivity index (χ1n) is 9.54. The van der Waals surface area contributed by atoms with Gasteiger partial charge in [-0.05, 0) is 41.3 Å². The summed E-state index contributed by atoms with van der Waals surface area (Å²) in [5, 5.41) is 3.66. The summed E-state index contributed by atoms with van der Waals surface area (Å²) in [5.74, 6) is 0.949. The molecule has 0 radical (unpaired) electrons. The molecule has 0 amide bonds. The van der Waals surface area contributed by atoms with Gasteiger partial charge in [0, 0.05) is 24.7 Å². The number of furan rings is 1. The van der Waals surface area contributed by atoms with Gasteiger partial charge in [0.05, 0.1) is 19.0 Å². The number of anilines is 1. The molecule has 0 bridgehead atoms. The van der Waals surface area contributed by atoms with Crippen molar-refractivity contribution < 1.29 is 9.15 Å². The minimum atomic E-state index is 0.288. The van der Waals surface area contributed by atoms with E-state index in [0.717, 1.165) is 42.7 Å². The van der Waals surface area contributed by atoms with E-state index in [-0.39, 0.29) is 6.10 Å². The molecule has 0 unspecified atom stereocenters. The van der Waals surface area contributed by atoms with Crippen molar-refractivity contribution in [2.45, 2.75) is 25.6 Å². The molecule has 1 aliphatic heterocycles. The van der Waals surface area contributed by atoms with Crippen molar-refractivity contribution in [3.05, 3.63) is 72.6 Å². The molecule has 0 spiro atoms. The molecule has 1 fully saturated rings. The van der Waals surface area contributed by atoms with Crippen molar-refractivity contribution in [1.82, 2.24) is 4.98 Å². The Labute approximate surface area is 158 Å². The van der Waals surface area contributed by atoms with E-state index in [1.165, 1.54) is 16.3 Å². The number of nitrogens with zero attached hydrogens (tertiary/aromatic N) is 2. The van der Waals surface area contributed by atoms with Crippen LogP contribution in [0.1, 0.15) is 18.4 Å². The quantitative estimate of drug-likeness (QED) is 0.505. The monoisotopic (exact) mass is 358 g/mol. The van der Waals surface area contributed by atoms with E-state index < -0.39 is 0 Å². The highest BCUT2D eigenvalue weighted by Crippen LogP contribution is 2.28. The average molecular weight is 358 g/mol. The van der Waals surface area contributed by atoms with Crippen LogP contribution in [0.4, 0.5) is 5.82 Å². The number of pyridine rings is 1. The zero-order valence-electron chi connectivity index (χ0n) is 15.2. The highest BCUT2D eigenvalue weighted by atomic mass is 16.5. The average Bonchev–Trinajstić information content (AvgIpc) is 3.22. The molecule has 2 aromatic heterocycles. The van der Waals surface area contributed by atoms with E-state index in [9.17, 15) is 0 Å². The second-order valence-electron chi connectivity index (χ2n) is 7.11. The number of hydrogen-bond acceptors (Lipinski definition) is 4. The van der Waals surface area contributed by atoms with Gasteiger partial charge >= 0.3 is 0 Å². The molecule has 3 heterocycles. The molecule has 1 saturated heterocycles. The maximum absolute atomic E-state index is 6.26. The van der Waals surface area contributed by atoms with Crippen LogP contribution in [0.5, 0.6) is 0 Å². The van der Waals surface area contributed by atoms with Crippen molar-refractivity contribution in [3.63, 3.8) is 0 Å². The highest BCUT2D eigenvalue weighted by molar-refractivity contribution is 5.87. The second kappa shape index (κ2) is 7.05. The number of ether oxygens (including phenoxy) is 1. The Bertz CT molecular complexity index is 1060. The standard InChI is InChI=1S/C23H22N2O2/c1-2-7-21-17(4-1)5-3-6-19(21)16-27-20-9-13-25(14-10-20)23-22-18(8-12-24-23)11-15-26-22/h1-8,11-12,15,20H,9-10,13-14,16H2. The van der Waals surface area contributed by atoms with E-state index in [4.69, 9.17) is 9.15 Å². The molecule has 4 nitrogen and oxygen atoms in total. The fourth-order valence-electron chi connectivity index (χ4n) is 3.96. The summed E-state index contributed by atoms with van der Waals surface area (Å²) in [7, 11) is 0. The smallest absolute Gasteiger partial charge is 0.176 e. The Balaban J connectivity index is 1.24. The van der Waals surface area contributed by atoms with Crippen molar-refractivity contribution in [2.24, 2.45) is 0 Å². The summed E-state index contributed by atoms with van der Waals surface area (Å²) in [6, 6.07) is 18.9. The van der Waals surface area contributed by atoms with E-state index in [2.05, 4.69) is 52.3 Å². The number of piperidine rings is 1. The topological polar surface area (TPSA) is 38.5 Å². The van der Waals surface area contributed by atoms with Crippen LogP contribution >= 0.6 is 0 Å². The minimum absolute atomic E-state index is 0.288. The van der Waals surface area contributed by atoms with Crippen LogP contribution in [0.25, 0.3) is 21.7 Å². The molecule has 0 N–H and O–H groups in total. The number of hydrogen-bond donors (Lipinski definition) is 0. The van der Waals surface area contributed by atoms with Gasteiger partial charge in [0.2, 0.25) is 0 Å². The molecule has 5 rings (SSSR count). The van der Waals surface area contributed by atoms with Gasteiger partial charge < -0.3 is 14.1 Å². The Morgan fingerprint density at radius 3 is 2.74 bits per heavy atom. The first-order chi connectivity index (χ1) is 13.4. The maximum atomic E-state index is 6.26. The van der Waals surface area contributed by atoms with E-state index in [0.29, 0.717) is 6.61 Å². The third kappa shape index (κ3) is 3.17. The van der Waals surface area contributed by atoms with Gasteiger partial charge in [0.15, 0.2) is 11.4 Å². The zero-order valence-corrected chi connectivity index (χ0v) is 15.2. The number of benzene rings is 2. The van der Waals surface area contributed by atoms with Gasteiger partial charge in [-0.15, -0.1) is 0 Å². The summed E-state index contributed by atoms with van der Waals surface area (Å²) in [6.45, 7) is 2.54. The Morgan fingerprint density at radius 1 is 0.963 bits per heavy atom. The molecule has 0 saturated carbocycles. The fourth-order valence-corrected chi connectivity index (χ4v) is 3.96. The molecule has 4 aromatic rings. The largest absolute Gasteiger partial charge is 0.460 e. The number of aromatic nitrogens is 1. The lowest BCUT2D eigenvalue weighted by molar-refractivity contribution is 0.0256. The van der Waals surface area contributed by atoms with Gasteiger partial charge in [-0.2, -0.15) is 0 Å². The summed E-state index contributed by atoms with van der Waals surface area (Å²) in [4.78, 5) is 6.86. The Kier molecular flexibility index (Phi) is 4.26.